The Balaban J connectivity index is 1.84. The average molecular weight is 444 g/mol. The van der Waals surface area contributed by atoms with Crippen LogP contribution in [-0.4, -0.2) is 34.5 Å². The zero-order valence-electron chi connectivity index (χ0n) is 18.4. The van der Waals surface area contributed by atoms with Gasteiger partial charge in [0.2, 0.25) is 5.91 Å². The molecule has 0 aliphatic carbocycles. The zero-order valence-corrected chi connectivity index (χ0v) is 19.2. The molecule has 0 unspecified atom stereocenters. The second kappa shape index (κ2) is 9.40. The number of carbonyl (C=O) groups is 1. The number of benzene rings is 3. The van der Waals surface area contributed by atoms with Crippen LogP contribution in [0.1, 0.15) is 21.9 Å². The number of aromatic nitrogens is 2. The van der Waals surface area contributed by atoms with Crippen LogP contribution < -0.4 is 5.56 Å². The first-order chi connectivity index (χ1) is 15.4. The van der Waals surface area contributed by atoms with E-state index in [1.54, 1.807) is 29.6 Å². The van der Waals surface area contributed by atoms with Crippen molar-refractivity contribution < 1.29 is 4.79 Å². The Kier molecular flexibility index (Phi) is 6.42. The monoisotopic (exact) mass is 443 g/mol. The van der Waals surface area contributed by atoms with Crippen LogP contribution in [0, 0.1) is 6.92 Å². The van der Waals surface area contributed by atoms with Crippen molar-refractivity contribution in [1.82, 2.24) is 14.5 Å². The fourth-order valence-electron chi connectivity index (χ4n) is 3.48. The molecule has 0 spiro atoms. The number of para-hydroxylation sites is 1. The second-order valence-corrected chi connectivity index (χ2v) is 9.00. The summed E-state index contributed by atoms with van der Waals surface area (Å²) in [5.74, 6) is -0.0505. The number of nitrogens with zero attached hydrogens (tertiary/aromatic N) is 3. The quantitative estimate of drug-likeness (QED) is 0.321. The highest BCUT2D eigenvalue weighted by molar-refractivity contribution is 8.00. The number of carbonyl (C=O) groups excluding carboxylic acids is 1. The smallest absolute Gasteiger partial charge is 0.262 e. The Labute approximate surface area is 191 Å². The molecular weight excluding hydrogens is 418 g/mol. The van der Waals surface area contributed by atoms with Crippen LogP contribution in [0.3, 0.4) is 0 Å². The van der Waals surface area contributed by atoms with Gasteiger partial charge in [0.1, 0.15) is 5.25 Å². The summed E-state index contributed by atoms with van der Waals surface area (Å²) in [5.41, 5.74) is 3.56. The lowest BCUT2D eigenvalue weighted by molar-refractivity contribution is -0.128. The van der Waals surface area contributed by atoms with E-state index in [1.807, 2.05) is 79.7 Å². The predicted molar refractivity (Wildman–Crippen MR) is 130 cm³/mol. The molecule has 0 saturated heterocycles. The summed E-state index contributed by atoms with van der Waals surface area (Å²) >= 11 is 1.32. The van der Waals surface area contributed by atoms with Gasteiger partial charge in [-0.2, -0.15) is 0 Å². The lowest BCUT2D eigenvalue weighted by Gasteiger charge is -2.22. The summed E-state index contributed by atoms with van der Waals surface area (Å²) in [7, 11) is 3.48. The first kappa shape index (κ1) is 21.8. The van der Waals surface area contributed by atoms with Crippen LogP contribution in [0.25, 0.3) is 10.9 Å². The van der Waals surface area contributed by atoms with E-state index >= 15 is 0 Å². The van der Waals surface area contributed by atoms with E-state index in [0.29, 0.717) is 22.6 Å². The van der Waals surface area contributed by atoms with Crippen molar-refractivity contribution in [2.24, 2.45) is 0 Å². The number of aryl methyl sites for hydroxylation is 1. The standard InChI is InChI=1S/C26H25N3O2S/c1-18-13-15-19(16-14-18)17-29-24(30)21-11-7-8-12-22(21)27-26(29)32-23(25(31)28(2)3)20-9-5-4-6-10-20/h4-16,23H,17H2,1-3H3/t23-/m1/s1. The minimum absolute atomic E-state index is 0.0505. The van der Waals surface area contributed by atoms with Gasteiger partial charge in [-0.25, -0.2) is 4.98 Å². The molecule has 0 aliphatic heterocycles. The van der Waals surface area contributed by atoms with Gasteiger partial charge in [-0.15, -0.1) is 0 Å². The maximum Gasteiger partial charge on any atom is 0.262 e. The number of amides is 1. The average Bonchev–Trinajstić information content (AvgIpc) is 2.81. The highest BCUT2D eigenvalue weighted by atomic mass is 32.2. The molecule has 4 rings (SSSR count). The van der Waals surface area contributed by atoms with E-state index in [0.717, 1.165) is 16.7 Å². The topological polar surface area (TPSA) is 55.2 Å². The van der Waals surface area contributed by atoms with E-state index in [-0.39, 0.29) is 11.5 Å². The molecule has 1 heterocycles. The molecule has 0 bridgehead atoms. The molecule has 0 radical (unpaired) electrons. The van der Waals surface area contributed by atoms with Crippen molar-refractivity contribution in [2.75, 3.05) is 14.1 Å². The minimum Gasteiger partial charge on any atom is -0.348 e. The first-order valence-corrected chi connectivity index (χ1v) is 11.3. The predicted octanol–water partition coefficient (Wildman–Crippen LogP) is 4.67. The third-order valence-corrected chi connectivity index (χ3v) is 6.51. The molecule has 4 aromatic rings. The largest absolute Gasteiger partial charge is 0.348 e. The highest BCUT2D eigenvalue weighted by Crippen LogP contribution is 2.35. The Hall–Kier alpha value is -3.38. The van der Waals surface area contributed by atoms with Crippen LogP contribution in [0.2, 0.25) is 0 Å². The molecule has 0 fully saturated rings. The van der Waals surface area contributed by atoms with E-state index < -0.39 is 5.25 Å². The van der Waals surface area contributed by atoms with Gasteiger partial charge >= 0.3 is 0 Å². The molecule has 5 nitrogen and oxygen atoms in total. The molecule has 0 N–H and O–H groups in total. The Morgan fingerprint density at radius 2 is 1.62 bits per heavy atom. The summed E-state index contributed by atoms with van der Waals surface area (Å²) in [6, 6.07) is 25.1. The van der Waals surface area contributed by atoms with Gasteiger partial charge in [0.05, 0.1) is 17.4 Å². The number of fused-ring (bicyclic) bond motifs is 1. The van der Waals surface area contributed by atoms with Crippen molar-refractivity contribution in [2.45, 2.75) is 23.9 Å². The normalized spacial score (nSPS) is 12.0. The summed E-state index contributed by atoms with van der Waals surface area (Å²) < 4.78 is 1.68. The number of likely N-dealkylation sites (N-methyl/N-ethyl adjacent to an activating group) is 1. The summed E-state index contributed by atoms with van der Waals surface area (Å²) in [6.07, 6.45) is 0. The number of thioether (sulfide) groups is 1. The highest BCUT2D eigenvalue weighted by Gasteiger charge is 2.26. The van der Waals surface area contributed by atoms with Crippen LogP contribution >= 0.6 is 11.8 Å². The fraction of sp³-hybridized carbons (Fsp3) is 0.192. The molecule has 32 heavy (non-hydrogen) atoms. The van der Waals surface area contributed by atoms with Crippen molar-refractivity contribution in [1.29, 1.82) is 0 Å². The number of hydrogen-bond acceptors (Lipinski definition) is 4. The first-order valence-electron chi connectivity index (χ1n) is 10.4. The molecular formula is C26H25N3O2S. The van der Waals surface area contributed by atoms with Crippen molar-refractivity contribution in [3.8, 4) is 0 Å². The Morgan fingerprint density at radius 1 is 0.969 bits per heavy atom. The minimum atomic E-state index is -0.511. The van der Waals surface area contributed by atoms with Crippen molar-refractivity contribution in [3.63, 3.8) is 0 Å². The van der Waals surface area contributed by atoms with Crippen molar-refractivity contribution in [3.05, 3.63) is 106 Å². The second-order valence-electron chi connectivity index (χ2n) is 7.93. The molecule has 0 saturated carbocycles. The van der Waals surface area contributed by atoms with Crippen LogP contribution in [0.5, 0.6) is 0 Å². The van der Waals surface area contributed by atoms with E-state index in [1.165, 1.54) is 11.8 Å². The van der Waals surface area contributed by atoms with Crippen LogP contribution in [-0.2, 0) is 11.3 Å². The van der Waals surface area contributed by atoms with Gasteiger partial charge in [-0.3, -0.25) is 14.2 Å². The van der Waals surface area contributed by atoms with Gasteiger partial charge in [0.25, 0.3) is 5.56 Å². The van der Waals surface area contributed by atoms with Gasteiger partial charge in [-0.05, 0) is 30.2 Å². The van der Waals surface area contributed by atoms with Gasteiger partial charge in [-0.1, -0.05) is 84.1 Å². The Morgan fingerprint density at radius 3 is 2.31 bits per heavy atom. The molecule has 162 valence electrons. The van der Waals surface area contributed by atoms with Gasteiger partial charge in [0.15, 0.2) is 5.16 Å². The zero-order chi connectivity index (χ0) is 22.7. The third-order valence-electron chi connectivity index (χ3n) is 5.28. The maximum absolute atomic E-state index is 13.5. The summed E-state index contributed by atoms with van der Waals surface area (Å²) in [4.78, 5) is 32.9. The van der Waals surface area contributed by atoms with Gasteiger partial charge in [0, 0.05) is 14.1 Å². The van der Waals surface area contributed by atoms with E-state index in [4.69, 9.17) is 4.98 Å². The van der Waals surface area contributed by atoms with E-state index in [9.17, 15) is 9.59 Å². The molecule has 1 atom stereocenters. The molecule has 3 aromatic carbocycles. The van der Waals surface area contributed by atoms with Crippen LogP contribution in [0.15, 0.2) is 88.8 Å². The van der Waals surface area contributed by atoms with Gasteiger partial charge < -0.3 is 4.90 Å². The SMILES string of the molecule is Cc1ccc(Cn2c(S[C@@H](C(=O)N(C)C)c3ccccc3)nc3ccccc3c2=O)cc1. The van der Waals surface area contributed by atoms with E-state index in [2.05, 4.69) is 0 Å². The number of rotatable bonds is 6. The summed E-state index contributed by atoms with van der Waals surface area (Å²) in [5, 5.41) is 0.584. The lowest BCUT2D eigenvalue weighted by atomic mass is 10.1. The maximum atomic E-state index is 13.5. The van der Waals surface area contributed by atoms with Crippen LogP contribution in [0.4, 0.5) is 0 Å². The fourth-order valence-corrected chi connectivity index (χ4v) is 4.72. The molecule has 0 aliphatic rings. The van der Waals surface area contributed by atoms with Crippen molar-refractivity contribution >= 4 is 28.6 Å². The Bertz CT molecular complexity index is 1300. The lowest BCUT2D eigenvalue weighted by Crippen LogP contribution is -2.28. The molecule has 6 heteroatoms. The molecule has 1 aromatic heterocycles. The third kappa shape index (κ3) is 4.60. The number of hydrogen-bond donors (Lipinski definition) is 0. The molecule has 1 amide bonds. The summed E-state index contributed by atoms with van der Waals surface area (Å²) in [6.45, 7) is 2.42.